The Labute approximate surface area is 95.4 Å². The molecule has 90 valence electrons. The molecular formula is C13H28N2. The second kappa shape index (κ2) is 6.49. The van der Waals surface area contributed by atoms with Crippen LogP contribution in [0.4, 0.5) is 0 Å². The van der Waals surface area contributed by atoms with E-state index in [1.165, 1.54) is 38.6 Å². The highest BCUT2D eigenvalue weighted by molar-refractivity contribution is 4.81. The molecule has 1 aliphatic carbocycles. The Hall–Kier alpha value is -0.0800. The van der Waals surface area contributed by atoms with Crippen LogP contribution in [0.5, 0.6) is 0 Å². The van der Waals surface area contributed by atoms with Gasteiger partial charge in [-0.2, -0.15) is 0 Å². The number of hydrogen-bond donors (Lipinski definition) is 1. The number of hydrogen-bond acceptors (Lipinski definition) is 2. The van der Waals surface area contributed by atoms with Crippen LogP contribution in [0.3, 0.4) is 0 Å². The van der Waals surface area contributed by atoms with E-state index in [2.05, 4.69) is 38.2 Å². The summed E-state index contributed by atoms with van der Waals surface area (Å²) in [4.78, 5) is 2.58. The van der Waals surface area contributed by atoms with Crippen LogP contribution in [-0.2, 0) is 0 Å². The largest absolute Gasteiger partial charge is 0.316 e. The van der Waals surface area contributed by atoms with Gasteiger partial charge in [0.2, 0.25) is 0 Å². The van der Waals surface area contributed by atoms with Crippen LogP contribution in [0.25, 0.3) is 0 Å². The first-order chi connectivity index (χ1) is 7.19. The number of rotatable bonds is 5. The van der Waals surface area contributed by atoms with Gasteiger partial charge in [0.15, 0.2) is 0 Å². The number of nitrogens with zero attached hydrogens (tertiary/aromatic N) is 1. The van der Waals surface area contributed by atoms with Gasteiger partial charge in [-0.15, -0.1) is 0 Å². The van der Waals surface area contributed by atoms with Crippen molar-refractivity contribution < 1.29 is 0 Å². The number of likely N-dealkylation sites (N-methyl/N-ethyl adjacent to an activating group) is 2. The molecule has 2 nitrogen and oxygen atoms in total. The van der Waals surface area contributed by atoms with E-state index in [0.29, 0.717) is 6.04 Å². The third-order valence-electron chi connectivity index (χ3n) is 4.04. The summed E-state index contributed by atoms with van der Waals surface area (Å²) in [6, 6.07) is 1.48. The Balaban J connectivity index is 2.40. The van der Waals surface area contributed by atoms with Gasteiger partial charge in [-0.25, -0.2) is 0 Å². The maximum Gasteiger partial charge on any atom is 0.0189 e. The van der Waals surface area contributed by atoms with Gasteiger partial charge in [-0.3, -0.25) is 0 Å². The molecule has 1 N–H and O–H groups in total. The van der Waals surface area contributed by atoms with Gasteiger partial charge >= 0.3 is 0 Å². The maximum absolute atomic E-state index is 3.39. The molecule has 1 fully saturated rings. The van der Waals surface area contributed by atoms with E-state index in [9.17, 15) is 0 Å². The first-order valence-electron chi connectivity index (χ1n) is 6.56. The predicted molar refractivity (Wildman–Crippen MR) is 67.2 cm³/mol. The van der Waals surface area contributed by atoms with Crippen LogP contribution in [0.2, 0.25) is 0 Å². The monoisotopic (exact) mass is 212 g/mol. The fourth-order valence-corrected chi connectivity index (χ4v) is 2.86. The third kappa shape index (κ3) is 3.76. The molecule has 3 unspecified atom stereocenters. The fourth-order valence-electron chi connectivity index (χ4n) is 2.86. The normalized spacial score (nSPS) is 29.4. The van der Waals surface area contributed by atoms with Crippen LogP contribution in [0.15, 0.2) is 0 Å². The van der Waals surface area contributed by atoms with E-state index in [-0.39, 0.29) is 0 Å². The molecule has 1 aliphatic rings. The molecule has 1 saturated carbocycles. The van der Waals surface area contributed by atoms with E-state index in [4.69, 9.17) is 0 Å². The minimum absolute atomic E-state index is 0.657. The van der Waals surface area contributed by atoms with E-state index in [1.54, 1.807) is 0 Å². The smallest absolute Gasteiger partial charge is 0.0189 e. The number of nitrogens with one attached hydrogen (secondary N) is 1. The van der Waals surface area contributed by atoms with Gasteiger partial charge < -0.3 is 10.2 Å². The van der Waals surface area contributed by atoms with Crippen LogP contribution < -0.4 is 5.32 Å². The third-order valence-corrected chi connectivity index (χ3v) is 4.04. The molecule has 0 heterocycles. The van der Waals surface area contributed by atoms with Crippen molar-refractivity contribution in [2.75, 3.05) is 20.6 Å². The Bertz CT molecular complexity index is 166. The molecule has 0 radical (unpaired) electrons. The quantitative estimate of drug-likeness (QED) is 0.753. The SMILES string of the molecule is CCC(CN(C)C1CCCCC1C)NC. The van der Waals surface area contributed by atoms with Gasteiger partial charge in [0, 0.05) is 18.6 Å². The molecule has 0 bridgehead atoms. The van der Waals surface area contributed by atoms with Crippen LogP contribution in [0, 0.1) is 5.92 Å². The predicted octanol–water partition coefficient (Wildman–Crippen LogP) is 2.49. The minimum atomic E-state index is 0.657. The van der Waals surface area contributed by atoms with Crippen molar-refractivity contribution in [1.29, 1.82) is 0 Å². The maximum atomic E-state index is 3.39. The molecule has 2 heteroatoms. The Morgan fingerprint density at radius 2 is 2.00 bits per heavy atom. The van der Waals surface area contributed by atoms with Gasteiger partial charge in [-0.1, -0.05) is 26.7 Å². The summed E-state index contributed by atoms with van der Waals surface area (Å²) in [6.07, 6.45) is 6.91. The average Bonchev–Trinajstić information content (AvgIpc) is 2.26. The molecule has 0 spiro atoms. The summed E-state index contributed by atoms with van der Waals surface area (Å²) < 4.78 is 0. The molecule has 0 saturated heterocycles. The van der Waals surface area contributed by atoms with Gasteiger partial charge in [0.1, 0.15) is 0 Å². The van der Waals surface area contributed by atoms with Crippen molar-refractivity contribution in [3.05, 3.63) is 0 Å². The summed E-state index contributed by atoms with van der Waals surface area (Å²) in [7, 11) is 4.37. The molecule has 0 amide bonds. The van der Waals surface area contributed by atoms with Crippen LogP contribution in [-0.4, -0.2) is 37.6 Å². The van der Waals surface area contributed by atoms with Gasteiger partial charge in [0.05, 0.1) is 0 Å². The van der Waals surface area contributed by atoms with Crippen molar-refractivity contribution in [1.82, 2.24) is 10.2 Å². The highest BCUT2D eigenvalue weighted by Crippen LogP contribution is 2.27. The first-order valence-corrected chi connectivity index (χ1v) is 6.56. The lowest BCUT2D eigenvalue weighted by Gasteiger charge is -2.37. The lowest BCUT2D eigenvalue weighted by Crippen LogP contribution is -2.45. The summed E-state index contributed by atoms with van der Waals surface area (Å²) >= 11 is 0. The van der Waals surface area contributed by atoms with Gasteiger partial charge in [0.25, 0.3) is 0 Å². The van der Waals surface area contributed by atoms with E-state index >= 15 is 0 Å². The Morgan fingerprint density at radius 1 is 1.33 bits per heavy atom. The minimum Gasteiger partial charge on any atom is -0.316 e. The Kier molecular flexibility index (Phi) is 5.62. The second-order valence-corrected chi connectivity index (χ2v) is 5.16. The molecule has 1 rings (SSSR count). The lowest BCUT2D eigenvalue weighted by molar-refractivity contribution is 0.128. The second-order valence-electron chi connectivity index (χ2n) is 5.16. The zero-order valence-electron chi connectivity index (χ0n) is 10.9. The average molecular weight is 212 g/mol. The molecular weight excluding hydrogens is 184 g/mol. The fraction of sp³-hybridized carbons (Fsp3) is 1.00. The summed E-state index contributed by atoms with van der Waals surface area (Å²) in [5.74, 6) is 0.887. The molecule has 0 aromatic rings. The van der Waals surface area contributed by atoms with Crippen LogP contribution >= 0.6 is 0 Å². The van der Waals surface area contributed by atoms with Crippen molar-refractivity contribution in [2.45, 2.75) is 58.0 Å². The standard InChI is InChI=1S/C13H28N2/c1-5-12(14-3)10-15(4)13-9-7-6-8-11(13)2/h11-14H,5-10H2,1-4H3. The molecule has 0 aliphatic heterocycles. The zero-order chi connectivity index (χ0) is 11.3. The van der Waals surface area contributed by atoms with Crippen molar-refractivity contribution in [3.8, 4) is 0 Å². The van der Waals surface area contributed by atoms with Crippen molar-refractivity contribution in [3.63, 3.8) is 0 Å². The van der Waals surface area contributed by atoms with E-state index < -0.39 is 0 Å². The summed E-state index contributed by atoms with van der Waals surface area (Å²) in [5.41, 5.74) is 0. The first kappa shape index (κ1) is 13.0. The topological polar surface area (TPSA) is 15.3 Å². The van der Waals surface area contributed by atoms with E-state index in [1.807, 2.05) is 0 Å². The highest BCUT2D eigenvalue weighted by atomic mass is 15.2. The molecule has 0 aromatic heterocycles. The zero-order valence-corrected chi connectivity index (χ0v) is 10.9. The lowest BCUT2D eigenvalue weighted by atomic mass is 9.85. The van der Waals surface area contributed by atoms with Crippen LogP contribution in [0.1, 0.15) is 46.0 Å². The molecule has 15 heavy (non-hydrogen) atoms. The molecule has 0 aromatic carbocycles. The summed E-state index contributed by atoms with van der Waals surface area (Å²) in [6.45, 7) is 5.88. The molecule has 3 atom stereocenters. The van der Waals surface area contributed by atoms with Crippen molar-refractivity contribution in [2.24, 2.45) is 5.92 Å². The van der Waals surface area contributed by atoms with E-state index in [0.717, 1.165) is 12.0 Å². The summed E-state index contributed by atoms with van der Waals surface area (Å²) in [5, 5.41) is 3.39. The van der Waals surface area contributed by atoms with Crippen molar-refractivity contribution >= 4 is 0 Å². The van der Waals surface area contributed by atoms with Gasteiger partial charge in [-0.05, 0) is 39.3 Å². The highest BCUT2D eigenvalue weighted by Gasteiger charge is 2.25. The Morgan fingerprint density at radius 3 is 2.53 bits per heavy atom.